The van der Waals surface area contributed by atoms with Crippen LogP contribution in [0, 0.1) is 10.1 Å². The topological polar surface area (TPSA) is 126 Å². The van der Waals surface area contributed by atoms with Gasteiger partial charge < -0.3 is 9.15 Å². The van der Waals surface area contributed by atoms with Gasteiger partial charge in [0.05, 0.1) is 23.5 Å². The monoisotopic (exact) mass is 411 g/mol. The first-order valence-corrected chi connectivity index (χ1v) is 9.31. The molecule has 0 fully saturated rings. The highest BCUT2D eigenvalue weighted by Crippen LogP contribution is 2.26. The molecule has 10 nitrogen and oxygen atoms in total. The summed E-state index contributed by atoms with van der Waals surface area (Å²) in [5.41, 5.74) is 1.69. The lowest BCUT2D eigenvalue weighted by molar-refractivity contribution is -0.384. The predicted octanol–water partition coefficient (Wildman–Crippen LogP) is 3.37. The summed E-state index contributed by atoms with van der Waals surface area (Å²) in [6.45, 7) is 0. The molecular formula is C18H13N5O5S. The van der Waals surface area contributed by atoms with Gasteiger partial charge in [-0.1, -0.05) is 23.9 Å². The van der Waals surface area contributed by atoms with Crippen LogP contribution in [0.2, 0.25) is 0 Å². The minimum atomic E-state index is -0.544. The molecule has 0 radical (unpaired) electrons. The number of hydrogen-bond donors (Lipinski definition) is 0. The largest absolute Gasteiger partial charge is 0.463 e. The number of esters is 1. The Balaban J connectivity index is 1.59. The van der Waals surface area contributed by atoms with Gasteiger partial charge in [-0.2, -0.15) is 9.61 Å². The molecule has 0 N–H and O–H groups in total. The molecule has 11 heteroatoms. The molecule has 0 unspecified atom stereocenters. The second kappa shape index (κ2) is 7.72. The van der Waals surface area contributed by atoms with E-state index in [4.69, 9.17) is 4.42 Å². The van der Waals surface area contributed by atoms with E-state index in [9.17, 15) is 14.9 Å². The number of thioether (sulfide) groups is 1. The SMILES string of the molecule is COC(=O)c1ccc(CSc2nnc3ccc(-c4cccc([N+](=O)[O-])c4)nn23)o1. The van der Waals surface area contributed by atoms with Crippen molar-refractivity contribution < 1.29 is 18.9 Å². The highest BCUT2D eigenvalue weighted by Gasteiger charge is 2.14. The van der Waals surface area contributed by atoms with Gasteiger partial charge in [-0.15, -0.1) is 10.2 Å². The number of rotatable bonds is 6. The van der Waals surface area contributed by atoms with E-state index < -0.39 is 10.9 Å². The van der Waals surface area contributed by atoms with Crippen LogP contribution in [0.1, 0.15) is 16.3 Å². The summed E-state index contributed by atoms with van der Waals surface area (Å²) in [7, 11) is 1.28. The van der Waals surface area contributed by atoms with E-state index in [0.717, 1.165) is 0 Å². The third kappa shape index (κ3) is 3.80. The number of nitrogens with zero attached hydrogens (tertiary/aromatic N) is 5. The molecule has 0 saturated carbocycles. The molecule has 0 aliphatic carbocycles. The van der Waals surface area contributed by atoms with Gasteiger partial charge in [0.25, 0.3) is 5.69 Å². The summed E-state index contributed by atoms with van der Waals surface area (Å²) in [6.07, 6.45) is 0. The van der Waals surface area contributed by atoms with Crippen molar-refractivity contribution in [1.82, 2.24) is 19.8 Å². The Bertz CT molecular complexity index is 1220. The lowest BCUT2D eigenvalue weighted by Crippen LogP contribution is -1.98. The smallest absolute Gasteiger partial charge is 0.373 e. The Kier molecular flexibility index (Phi) is 4.96. The molecule has 0 atom stereocenters. The Morgan fingerprint density at radius 2 is 2.10 bits per heavy atom. The van der Waals surface area contributed by atoms with Crippen molar-refractivity contribution in [1.29, 1.82) is 0 Å². The number of furan rings is 1. The highest BCUT2D eigenvalue weighted by atomic mass is 32.2. The fraction of sp³-hybridized carbons (Fsp3) is 0.111. The molecule has 0 bridgehead atoms. The fourth-order valence-corrected chi connectivity index (χ4v) is 3.38. The van der Waals surface area contributed by atoms with Crippen molar-refractivity contribution in [3.63, 3.8) is 0 Å². The van der Waals surface area contributed by atoms with Crippen LogP contribution in [0.25, 0.3) is 16.9 Å². The second-order valence-corrected chi connectivity index (χ2v) is 6.77. The van der Waals surface area contributed by atoms with Gasteiger partial charge in [-0.25, -0.2) is 4.79 Å². The normalized spacial score (nSPS) is 10.9. The molecule has 0 aliphatic heterocycles. The highest BCUT2D eigenvalue weighted by molar-refractivity contribution is 7.98. The third-order valence-corrected chi connectivity index (χ3v) is 4.92. The molecular weight excluding hydrogens is 398 g/mol. The van der Waals surface area contributed by atoms with Crippen molar-refractivity contribution in [2.75, 3.05) is 7.11 Å². The standard InChI is InChI=1S/C18H13N5O5S/c1-27-17(24)15-7-5-13(28-15)10-29-18-20-19-16-8-6-14(21-22(16)18)11-3-2-4-12(9-11)23(25)26/h2-9H,10H2,1H3. The van der Waals surface area contributed by atoms with Crippen LogP contribution in [-0.4, -0.2) is 37.8 Å². The minimum absolute atomic E-state index is 0.0121. The first kappa shape index (κ1) is 18.6. The molecule has 4 rings (SSSR count). The van der Waals surface area contributed by atoms with E-state index >= 15 is 0 Å². The zero-order valence-corrected chi connectivity index (χ0v) is 15.8. The molecule has 3 aromatic heterocycles. The van der Waals surface area contributed by atoms with Crippen molar-refractivity contribution in [2.45, 2.75) is 10.9 Å². The molecule has 0 saturated heterocycles. The van der Waals surface area contributed by atoms with Crippen LogP contribution >= 0.6 is 11.8 Å². The number of hydrogen-bond acceptors (Lipinski definition) is 9. The van der Waals surface area contributed by atoms with Crippen LogP contribution in [0.15, 0.2) is 58.1 Å². The quantitative estimate of drug-likeness (QED) is 0.203. The number of aromatic nitrogens is 4. The summed E-state index contributed by atoms with van der Waals surface area (Å²) in [6, 6.07) is 12.9. The fourth-order valence-electron chi connectivity index (χ4n) is 2.59. The van der Waals surface area contributed by atoms with Crippen LogP contribution < -0.4 is 0 Å². The molecule has 29 heavy (non-hydrogen) atoms. The zero-order chi connectivity index (χ0) is 20.4. The number of benzene rings is 1. The number of non-ortho nitro benzene ring substituents is 1. The minimum Gasteiger partial charge on any atom is -0.463 e. The van der Waals surface area contributed by atoms with Gasteiger partial charge in [-0.3, -0.25) is 10.1 Å². The van der Waals surface area contributed by atoms with E-state index in [-0.39, 0.29) is 11.4 Å². The van der Waals surface area contributed by atoms with Crippen LogP contribution in [0.4, 0.5) is 5.69 Å². The molecule has 146 valence electrons. The van der Waals surface area contributed by atoms with Gasteiger partial charge >= 0.3 is 5.97 Å². The maximum absolute atomic E-state index is 11.5. The van der Waals surface area contributed by atoms with E-state index in [2.05, 4.69) is 20.0 Å². The maximum atomic E-state index is 11.5. The number of carbonyl (C=O) groups excluding carboxylic acids is 1. The van der Waals surface area contributed by atoms with Crippen LogP contribution in [-0.2, 0) is 10.5 Å². The summed E-state index contributed by atoms with van der Waals surface area (Å²) < 4.78 is 11.6. The number of carbonyl (C=O) groups is 1. The van der Waals surface area contributed by atoms with E-state index in [0.29, 0.717) is 33.6 Å². The summed E-state index contributed by atoms with van der Waals surface area (Å²) in [5.74, 6) is 0.556. The van der Waals surface area contributed by atoms with Crippen molar-refractivity contribution in [3.05, 3.63) is 70.2 Å². The average Bonchev–Trinajstić information content (AvgIpc) is 3.38. The maximum Gasteiger partial charge on any atom is 0.373 e. The summed E-state index contributed by atoms with van der Waals surface area (Å²) >= 11 is 1.33. The van der Waals surface area contributed by atoms with E-state index in [1.165, 1.54) is 31.0 Å². The Hall–Kier alpha value is -3.73. The van der Waals surface area contributed by atoms with Gasteiger partial charge in [0.15, 0.2) is 5.65 Å². The number of methoxy groups -OCH3 is 1. The molecule has 3 heterocycles. The Morgan fingerprint density at radius 3 is 2.90 bits per heavy atom. The summed E-state index contributed by atoms with van der Waals surface area (Å²) in [5, 5.41) is 24.2. The Morgan fingerprint density at radius 1 is 1.24 bits per heavy atom. The second-order valence-electron chi connectivity index (χ2n) is 5.82. The lowest BCUT2D eigenvalue weighted by Gasteiger charge is -2.03. The number of ether oxygens (including phenoxy) is 1. The summed E-state index contributed by atoms with van der Waals surface area (Å²) in [4.78, 5) is 22.0. The van der Waals surface area contributed by atoms with E-state index in [1.807, 2.05) is 0 Å². The van der Waals surface area contributed by atoms with Gasteiger partial charge in [-0.05, 0) is 24.3 Å². The van der Waals surface area contributed by atoms with Gasteiger partial charge in [0.1, 0.15) is 5.76 Å². The Labute approximate surface area is 167 Å². The predicted molar refractivity (Wildman–Crippen MR) is 102 cm³/mol. The van der Waals surface area contributed by atoms with Crippen molar-refractivity contribution in [3.8, 4) is 11.3 Å². The number of nitro groups is 1. The lowest BCUT2D eigenvalue weighted by atomic mass is 10.1. The molecule has 1 aromatic carbocycles. The zero-order valence-electron chi connectivity index (χ0n) is 15.0. The van der Waals surface area contributed by atoms with E-state index in [1.54, 1.807) is 40.9 Å². The van der Waals surface area contributed by atoms with Crippen LogP contribution in [0.3, 0.4) is 0 Å². The van der Waals surface area contributed by atoms with Gasteiger partial charge in [0.2, 0.25) is 10.9 Å². The molecule has 0 spiro atoms. The number of nitro benzene ring substituents is 1. The average molecular weight is 411 g/mol. The first-order valence-electron chi connectivity index (χ1n) is 8.32. The van der Waals surface area contributed by atoms with Crippen LogP contribution in [0.5, 0.6) is 0 Å². The molecule has 0 amide bonds. The molecule has 4 aromatic rings. The van der Waals surface area contributed by atoms with Gasteiger partial charge in [0, 0.05) is 17.7 Å². The van der Waals surface area contributed by atoms with Crippen molar-refractivity contribution >= 4 is 29.1 Å². The first-order chi connectivity index (χ1) is 14.0. The van der Waals surface area contributed by atoms with Crippen molar-refractivity contribution in [2.24, 2.45) is 0 Å². The number of fused-ring (bicyclic) bond motifs is 1. The molecule has 0 aliphatic rings. The third-order valence-electron chi connectivity index (χ3n) is 3.98.